The minimum atomic E-state index is -0.656. The van der Waals surface area contributed by atoms with Crippen LogP contribution in [0.15, 0.2) is 60.8 Å². The lowest BCUT2D eigenvalue weighted by atomic mass is 10.00. The van der Waals surface area contributed by atoms with Crippen molar-refractivity contribution in [3.8, 4) is 11.8 Å². The predicted molar refractivity (Wildman–Crippen MR) is 95.9 cm³/mol. The molecular weight excluding hydrogens is 364 g/mol. The van der Waals surface area contributed by atoms with Gasteiger partial charge in [-0.3, -0.25) is 0 Å². The molecule has 0 aliphatic carbocycles. The molecule has 1 N–H and O–H groups in total. The highest BCUT2D eigenvalue weighted by molar-refractivity contribution is 5.71. The Balaban J connectivity index is 1.64. The first kappa shape index (κ1) is 17.6. The fourth-order valence-corrected chi connectivity index (χ4v) is 2.86. The molecule has 0 saturated carbocycles. The van der Waals surface area contributed by atoms with Crippen LogP contribution in [0, 0.1) is 23.5 Å². The van der Waals surface area contributed by atoms with Crippen molar-refractivity contribution in [2.75, 3.05) is 0 Å². The number of nitrogens with one attached hydrogen (secondary N) is 1. The molecule has 1 saturated heterocycles. The van der Waals surface area contributed by atoms with E-state index in [2.05, 4.69) is 27.1 Å². The highest BCUT2D eigenvalue weighted by Gasteiger charge is 2.37. The van der Waals surface area contributed by atoms with E-state index in [4.69, 9.17) is 4.74 Å². The fourth-order valence-electron chi connectivity index (χ4n) is 2.86. The van der Waals surface area contributed by atoms with Gasteiger partial charge >= 0.3 is 6.09 Å². The standard InChI is InChI=1S/C21H13F2N3O2/c22-14-8-6-13(7-9-14)20-19(26-21(27)28-20)18-5-1-3-15(25-18)10-11-17-16(23)4-2-12-24-17/h1-9,12,19-20H,(H,26,27). The average Bonchev–Trinajstić information content (AvgIpc) is 3.10. The van der Waals surface area contributed by atoms with Gasteiger partial charge in [0.2, 0.25) is 0 Å². The molecule has 5 nitrogen and oxygen atoms in total. The quantitative estimate of drug-likeness (QED) is 0.692. The molecule has 1 aromatic carbocycles. The Hall–Kier alpha value is -3.79. The Morgan fingerprint density at radius 2 is 1.82 bits per heavy atom. The van der Waals surface area contributed by atoms with Crippen molar-refractivity contribution in [3.63, 3.8) is 0 Å². The van der Waals surface area contributed by atoms with Crippen molar-refractivity contribution in [1.29, 1.82) is 0 Å². The lowest BCUT2D eigenvalue weighted by Crippen LogP contribution is -2.20. The van der Waals surface area contributed by atoms with Gasteiger partial charge in [-0.15, -0.1) is 0 Å². The van der Waals surface area contributed by atoms with Crippen molar-refractivity contribution < 1.29 is 18.3 Å². The summed E-state index contributed by atoms with van der Waals surface area (Å²) in [6.07, 6.45) is 0.209. The number of aromatic nitrogens is 2. The molecule has 2 aromatic heterocycles. The number of hydrogen-bond acceptors (Lipinski definition) is 4. The monoisotopic (exact) mass is 377 g/mol. The maximum absolute atomic E-state index is 13.7. The van der Waals surface area contributed by atoms with Gasteiger partial charge in [-0.2, -0.15) is 0 Å². The first-order valence-electron chi connectivity index (χ1n) is 8.42. The van der Waals surface area contributed by atoms with Crippen LogP contribution in [0.25, 0.3) is 0 Å². The van der Waals surface area contributed by atoms with Crippen LogP contribution in [-0.2, 0) is 4.74 Å². The number of carbonyl (C=O) groups excluding carboxylic acids is 1. The van der Waals surface area contributed by atoms with Gasteiger partial charge < -0.3 is 10.1 Å². The second kappa shape index (κ2) is 7.45. The van der Waals surface area contributed by atoms with Gasteiger partial charge in [-0.05, 0) is 53.8 Å². The topological polar surface area (TPSA) is 64.1 Å². The Labute approximate surface area is 159 Å². The molecule has 0 spiro atoms. The van der Waals surface area contributed by atoms with Crippen molar-refractivity contribution in [3.05, 3.63) is 95.1 Å². The first-order valence-corrected chi connectivity index (χ1v) is 8.42. The SMILES string of the molecule is O=C1NC(c2cccc(C#Cc3ncccc3F)n2)C(c2ccc(F)cc2)O1. The van der Waals surface area contributed by atoms with Crippen LogP contribution < -0.4 is 5.32 Å². The summed E-state index contributed by atoms with van der Waals surface area (Å²) in [7, 11) is 0. The van der Waals surface area contributed by atoms with Gasteiger partial charge in [0.05, 0.1) is 5.69 Å². The predicted octanol–water partition coefficient (Wildman–Crippen LogP) is 3.68. The molecule has 3 aromatic rings. The number of ether oxygens (including phenoxy) is 1. The number of alkyl carbamates (subject to hydrolysis) is 1. The van der Waals surface area contributed by atoms with E-state index in [0.717, 1.165) is 0 Å². The molecule has 0 bridgehead atoms. The lowest BCUT2D eigenvalue weighted by molar-refractivity contribution is 0.132. The van der Waals surface area contributed by atoms with Crippen LogP contribution in [-0.4, -0.2) is 16.1 Å². The summed E-state index contributed by atoms with van der Waals surface area (Å²) in [5.41, 5.74) is 1.57. The summed E-state index contributed by atoms with van der Waals surface area (Å²) in [5.74, 6) is 4.52. The third-order valence-corrected chi connectivity index (χ3v) is 4.17. The van der Waals surface area contributed by atoms with Gasteiger partial charge in [0.1, 0.15) is 23.2 Å². The summed E-state index contributed by atoms with van der Waals surface area (Å²) in [5, 5.41) is 2.71. The molecule has 7 heteroatoms. The zero-order valence-electron chi connectivity index (χ0n) is 14.4. The molecule has 3 heterocycles. The Morgan fingerprint density at radius 1 is 1.00 bits per heavy atom. The number of hydrogen-bond donors (Lipinski definition) is 1. The number of halogens is 2. The van der Waals surface area contributed by atoms with Gasteiger partial charge in [0.25, 0.3) is 0 Å². The summed E-state index contributed by atoms with van der Waals surface area (Å²) in [4.78, 5) is 20.1. The van der Waals surface area contributed by atoms with Crippen LogP contribution >= 0.6 is 0 Å². The second-order valence-electron chi connectivity index (χ2n) is 6.03. The number of nitrogens with zero attached hydrogens (tertiary/aromatic N) is 2. The van der Waals surface area contributed by atoms with Crippen molar-refractivity contribution in [1.82, 2.24) is 15.3 Å². The number of carbonyl (C=O) groups is 1. The van der Waals surface area contributed by atoms with E-state index >= 15 is 0 Å². The molecular formula is C21H13F2N3O2. The summed E-state index contributed by atoms with van der Waals surface area (Å²) < 4.78 is 32.2. The number of benzene rings is 1. The number of pyridine rings is 2. The van der Waals surface area contributed by atoms with Crippen molar-refractivity contribution >= 4 is 6.09 Å². The molecule has 1 aliphatic rings. The normalized spacial score (nSPS) is 18.0. The van der Waals surface area contributed by atoms with E-state index in [0.29, 0.717) is 17.0 Å². The van der Waals surface area contributed by atoms with Gasteiger partial charge in [-0.1, -0.05) is 18.2 Å². The van der Waals surface area contributed by atoms with E-state index in [9.17, 15) is 13.6 Å². The molecule has 4 rings (SSSR count). The third kappa shape index (κ3) is 3.67. The van der Waals surface area contributed by atoms with E-state index in [1.165, 1.54) is 30.5 Å². The average molecular weight is 377 g/mol. The Bertz CT molecular complexity index is 1090. The zero-order valence-corrected chi connectivity index (χ0v) is 14.4. The van der Waals surface area contributed by atoms with Crippen LogP contribution in [0.3, 0.4) is 0 Å². The Morgan fingerprint density at radius 3 is 2.61 bits per heavy atom. The molecule has 1 fully saturated rings. The fraction of sp³-hybridized carbons (Fsp3) is 0.0952. The van der Waals surface area contributed by atoms with Crippen LogP contribution in [0.5, 0.6) is 0 Å². The maximum atomic E-state index is 13.7. The molecule has 138 valence electrons. The minimum absolute atomic E-state index is 0.0244. The van der Waals surface area contributed by atoms with Gasteiger partial charge in [0, 0.05) is 6.20 Å². The minimum Gasteiger partial charge on any atom is -0.439 e. The largest absolute Gasteiger partial charge is 0.439 e. The molecule has 2 atom stereocenters. The van der Waals surface area contributed by atoms with Gasteiger partial charge in [-0.25, -0.2) is 23.5 Å². The zero-order chi connectivity index (χ0) is 19.5. The van der Waals surface area contributed by atoms with E-state index in [-0.39, 0.29) is 11.5 Å². The number of rotatable bonds is 2. The van der Waals surface area contributed by atoms with E-state index in [1.54, 1.807) is 30.3 Å². The Kier molecular flexibility index (Phi) is 4.68. The van der Waals surface area contributed by atoms with Crippen LogP contribution in [0.4, 0.5) is 13.6 Å². The van der Waals surface area contributed by atoms with E-state index in [1.807, 2.05) is 0 Å². The summed E-state index contributed by atoms with van der Waals surface area (Å²) in [6.45, 7) is 0. The second-order valence-corrected chi connectivity index (χ2v) is 6.03. The highest BCUT2D eigenvalue weighted by Crippen LogP contribution is 2.35. The first-order chi connectivity index (χ1) is 13.6. The van der Waals surface area contributed by atoms with Crippen LogP contribution in [0.1, 0.15) is 34.8 Å². The summed E-state index contributed by atoms with van der Waals surface area (Å²) in [6, 6.07) is 13.0. The summed E-state index contributed by atoms with van der Waals surface area (Å²) >= 11 is 0. The highest BCUT2D eigenvalue weighted by atomic mass is 19.1. The molecule has 0 radical (unpaired) electrons. The molecule has 1 aliphatic heterocycles. The van der Waals surface area contributed by atoms with Crippen molar-refractivity contribution in [2.45, 2.75) is 12.1 Å². The van der Waals surface area contributed by atoms with E-state index < -0.39 is 24.1 Å². The molecule has 1 amide bonds. The van der Waals surface area contributed by atoms with Crippen LogP contribution in [0.2, 0.25) is 0 Å². The molecule has 28 heavy (non-hydrogen) atoms. The maximum Gasteiger partial charge on any atom is 0.408 e. The number of cyclic esters (lactones) is 1. The van der Waals surface area contributed by atoms with Gasteiger partial charge in [0.15, 0.2) is 11.9 Å². The smallest absolute Gasteiger partial charge is 0.408 e. The number of amides is 1. The van der Waals surface area contributed by atoms with Crippen molar-refractivity contribution in [2.24, 2.45) is 0 Å². The third-order valence-electron chi connectivity index (χ3n) is 4.17. The molecule has 2 unspecified atom stereocenters. The lowest BCUT2D eigenvalue weighted by Gasteiger charge is -2.17.